The number of benzene rings is 1. The number of esters is 1. The largest absolute Gasteiger partial charge is 0.451 e. The van der Waals surface area contributed by atoms with Gasteiger partial charge in [-0.3, -0.25) is 4.79 Å². The minimum absolute atomic E-state index is 0.214. The summed E-state index contributed by atoms with van der Waals surface area (Å²) in [4.78, 5) is 26.3. The highest BCUT2D eigenvalue weighted by Crippen LogP contribution is 2.27. The molecule has 2 aromatic rings. The van der Waals surface area contributed by atoms with E-state index in [9.17, 15) is 9.59 Å². The van der Waals surface area contributed by atoms with Crippen LogP contribution in [-0.2, 0) is 22.4 Å². The van der Waals surface area contributed by atoms with Crippen LogP contribution in [0.3, 0.4) is 0 Å². The van der Waals surface area contributed by atoms with Gasteiger partial charge in [-0.25, -0.2) is 4.79 Å². The summed E-state index contributed by atoms with van der Waals surface area (Å²) < 4.78 is 8.86. The smallest absolute Gasteiger partial charge is 0.352 e. The number of nitrogens with zero attached hydrogens (tertiary/aromatic N) is 3. The number of carbonyl (C=O) groups is 2. The second-order valence-corrected chi connectivity index (χ2v) is 5.66. The number of amides is 1. The highest BCUT2D eigenvalue weighted by Gasteiger charge is 2.25. The van der Waals surface area contributed by atoms with Crippen molar-refractivity contribution in [2.75, 3.05) is 18.1 Å². The third-order valence-corrected chi connectivity index (χ3v) is 4.34. The average Bonchev–Trinajstić information content (AvgIpc) is 3.18. The Bertz CT molecular complexity index is 714. The molecule has 0 radical (unpaired) electrons. The fourth-order valence-corrected chi connectivity index (χ4v) is 3.11. The molecule has 6 nitrogen and oxygen atoms in total. The van der Waals surface area contributed by atoms with Gasteiger partial charge in [0, 0.05) is 12.2 Å². The Morgan fingerprint density at radius 3 is 3.00 bits per heavy atom. The highest BCUT2D eigenvalue weighted by molar-refractivity contribution is 7.07. The number of anilines is 1. The van der Waals surface area contributed by atoms with E-state index in [2.05, 4.69) is 9.59 Å². The Hall–Kier alpha value is -2.28. The van der Waals surface area contributed by atoms with Crippen molar-refractivity contribution in [1.82, 2.24) is 9.59 Å². The first kappa shape index (κ1) is 14.6. The van der Waals surface area contributed by atoms with Crippen molar-refractivity contribution in [2.24, 2.45) is 0 Å². The van der Waals surface area contributed by atoms with Gasteiger partial charge < -0.3 is 9.64 Å². The first-order chi connectivity index (χ1) is 10.7. The number of hydrogen-bond donors (Lipinski definition) is 0. The molecular formula is C15H15N3O3S. The van der Waals surface area contributed by atoms with Gasteiger partial charge in [-0.2, -0.15) is 0 Å². The Balaban J connectivity index is 1.63. The predicted molar refractivity (Wildman–Crippen MR) is 82.1 cm³/mol. The van der Waals surface area contributed by atoms with Crippen molar-refractivity contribution >= 4 is 29.1 Å². The molecule has 114 valence electrons. The summed E-state index contributed by atoms with van der Waals surface area (Å²) in [6.45, 7) is 2.24. The van der Waals surface area contributed by atoms with E-state index in [0.717, 1.165) is 29.2 Å². The van der Waals surface area contributed by atoms with Crippen LogP contribution < -0.4 is 4.90 Å². The molecule has 0 bridgehead atoms. The van der Waals surface area contributed by atoms with Gasteiger partial charge in [0.2, 0.25) is 0 Å². The normalized spacial score (nSPS) is 13.0. The van der Waals surface area contributed by atoms with Crippen molar-refractivity contribution in [1.29, 1.82) is 0 Å². The molecular weight excluding hydrogens is 302 g/mol. The molecule has 0 atom stereocenters. The van der Waals surface area contributed by atoms with E-state index in [0.29, 0.717) is 23.5 Å². The van der Waals surface area contributed by atoms with Gasteiger partial charge in [0.05, 0.1) is 5.69 Å². The number of rotatable bonds is 4. The van der Waals surface area contributed by atoms with Crippen molar-refractivity contribution < 1.29 is 14.3 Å². The number of carbonyl (C=O) groups excluding carboxylic acids is 2. The molecule has 0 saturated heterocycles. The monoisotopic (exact) mass is 317 g/mol. The van der Waals surface area contributed by atoms with Crippen molar-refractivity contribution in [3.63, 3.8) is 0 Å². The number of fused-ring (bicyclic) bond motifs is 1. The lowest BCUT2D eigenvalue weighted by molar-refractivity contribution is -0.121. The summed E-state index contributed by atoms with van der Waals surface area (Å²) >= 11 is 0.994. The van der Waals surface area contributed by atoms with Crippen LogP contribution in [0.1, 0.15) is 27.9 Å². The SMILES string of the molecule is CCc1nnsc1C(=O)OCC(=O)N1CCc2ccccc21. The highest BCUT2D eigenvalue weighted by atomic mass is 32.1. The fraction of sp³-hybridized carbons (Fsp3) is 0.333. The van der Waals surface area contributed by atoms with E-state index >= 15 is 0 Å². The standard InChI is InChI=1S/C15H15N3O3S/c1-2-11-14(22-17-16-11)15(20)21-9-13(19)18-8-7-10-5-3-4-6-12(10)18/h3-6H,2,7-9H2,1H3. The Morgan fingerprint density at radius 2 is 2.18 bits per heavy atom. The van der Waals surface area contributed by atoms with Gasteiger partial charge >= 0.3 is 5.97 Å². The number of para-hydroxylation sites is 1. The fourth-order valence-electron chi connectivity index (χ4n) is 2.46. The molecule has 1 aliphatic heterocycles. The Kier molecular flexibility index (Phi) is 4.15. The van der Waals surface area contributed by atoms with E-state index in [1.165, 1.54) is 0 Å². The van der Waals surface area contributed by atoms with Crippen LogP contribution in [-0.4, -0.2) is 34.6 Å². The summed E-state index contributed by atoms with van der Waals surface area (Å²) in [6, 6.07) is 7.76. The molecule has 0 fully saturated rings. The molecule has 1 aromatic heterocycles. The van der Waals surface area contributed by atoms with Gasteiger partial charge in [0.15, 0.2) is 11.5 Å². The lowest BCUT2D eigenvalue weighted by Gasteiger charge is -2.16. The maximum Gasteiger partial charge on any atom is 0.352 e. The molecule has 0 aliphatic carbocycles. The molecule has 0 N–H and O–H groups in total. The maximum absolute atomic E-state index is 12.3. The van der Waals surface area contributed by atoms with Crippen LogP contribution in [0.15, 0.2) is 24.3 Å². The molecule has 22 heavy (non-hydrogen) atoms. The maximum atomic E-state index is 12.3. The Morgan fingerprint density at radius 1 is 1.36 bits per heavy atom. The second kappa shape index (κ2) is 6.23. The zero-order valence-corrected chi connectivity index (χ0v) is 12.9. The van der Waals surface area contributed by atoms with Crippen LogP contribution in [0.5, 0.6) is 0 Å². The average molecular weight is 317 g/mol. The van der Waals surface area contributed by atoms with Crippen molar-refractivity contribution in [2.45, 2.75) is 19.8 Å². The molecule has 0 spiro atoms. The second-order valence-electron chi connectivity index (χ2n) is 4.90. The van der Waals surface area contributed by atoms with E-state index in [1.54, 1.807) is 4.90 Å². The van der Waals surface area contributed by atoms with Crippen LogP contribution >= 0.6 is 11.5 Å². The van der Waals surface area contributed by atoms with Crippen molar-refractivity contribution in [3.8, 4) is 0 Å². The molecule has 1 aliphatic rings. The summed E-state index contributed by atoms with van der Waals surface area (Å²) in [5.41, 5.74) is 2.65. The first-order valence-electron chi connectivity index (χ1n) is 7.07. The quantitative estimate of drug-likeness (QED) is 0.805. The third kappa shape index (κ3) is 2.71. The number of ether oxygens (including phenoxy) is 1. The van der Waals surface area contributed by atoms with Gasteiger partial charge in [-0.15, -0.1) is 5.10 Å². The van der Waals surface area contributed by atoms with E-state index in [1.807, 2.05) is 31.2 Å². The number of aryl methyl sites for hydroxylation is 1. The van der Waals surface area contributed by atoms with Gasteiger partial charge in [-0.1, -0.05) is 29.6 Å². The number of aromatic nitrogens is 2. The molecule has 1 aromatic carbocycles. The van der Waals surface area contributed by atoms with Crippen LogP contribution in [0, 0.1) is 0 Å². The minimum Gasteiger partial charge on any atom is -0.451 e. The van der Waals surface area contributed by atoms with Crippen molar-refractivity contribution in [3.05, 3.63) is 40.4 Å². The van der Waals surface area contributed by atoms with Gasteiger partial charge in [-0.05, 0) is 36.0 Å². The molecule has 0 saturated carbocycles. The topological polar surface area (TPSA) is 72.4 Å². The molecule has 0 unspecified atom stereocenters. The van der Waals surface area contributed by atoms with E-state index < -0.39 is 5.97 Å². The summed E-state index contributed by atoms with van der Waals surface area (Å²) in [7, 11) is 0. The Labute approximate surface area is 131 Å². The minimum atomic E-state index is -0.535. The van der Waals surface area contributed by atoms with Crippen LogP contribution in [0.25, 0.3) is 0 Å². The third-order valence-electron chi connectivity index (χ3n) is 3.59. The zero-order chi connectivity index (χ0) is 15.5. The van der Waals surface area contributed by atoms with Gasteiger partial charge in [0.1, 0.15) is 0 Å². The van der Waals surface area contributed by atoms with E-state index in [-0.39, 0.29) is 12.5 Å². The lowest BCUT2D eigenvalue weighted by atomic mass is 10.2. The lowest BCUT2D eigenvalue weighted by Crippen LogP contribution is -2.33. The molecule has 7 heteroatoms. The summed E-state index contributed by atoms with van der Waals surface area (Å²) in [5, 5.41) is 3.86. The van der Waals surface area contributed by atoms with E-state index in [4.69, 9.17) is 4.74 Å². The predicted octanol–water partition coefficient (Wildman–Crippen LogP) is 1.85. The van der Waals surface area contributed by atoms with Crippen LogP contribution in [0.2, 0.25) is 0 Å². The molecule has 2 heterocycles. The van der Waals surface area contributed by atoms with Crippen LogP contribution in [0.4, 0.5) is 5.69 Å². The zero-order valence-electron chi connectivity index (χ0n) is 12.1. The first-order valence-corrected chi connectivity index (χ1v) is 7.84. The number of hydrogen-bond acceptors (Lipinski definition) is 6. The summed E-state index contributed by atoms with van der Waals surface area (Å²) in [5.74, 6) is -0.749. The molecule has 1 amide bonds. The molecule has 3 rings (SSSR count). The van der Waals surface area contributed by atoms with Gasteiger partial charge in [0.25, 0.3) is 5.91 Å². The summed E-state index contributed by atoms with van der Waals surface area (Å²) in [6.07, 6.45) is 1.43.